The normalized spacial score (nSPS) is 12.1. The molecule has 0 spiro atoms. The van der Waals surface area contributed by atoms with Gasteiger partial charge in [0.15, 0.2) is 0 Å². The summed E-state index contributed by atoms with van der Waals surface area (Å²) in [5.74, 6) is 0.638. The highest BCUT2D eigenvalue weighted by Gasteiger charge is 2.40. The third kappa shape index (κ3) is 3.70. The van der Waals surface area contributed by atoms with Gasteiger partial charge in [-0.15, -0.1) is 0 Å². The number of anilines is 1. The Morgan fingerprint density at radius 2 is 1.95 bits per heavy atom. The van der Waals surface area contributed by atoms with E-state index in [4.69, 9.17) is 10.5 Å². The van der Waals surface area contributed by atoms with Crippen LogP contribution in [0.5, 0.6) is 5.75 Å². The van der Waals surface area contributed by atoms with E-state index < -0.39 is 11.0 Å². The van der Waals surface area contributed by atoms with Crippen molar-refractivity contribution in [3.8, 4) is 5.75 Å². The molecule has 0 saturated carbocycles. The predicted octanol–water partition coefficient (Wildman–Crippen LogP) is 2.79. The third-order valence-electron chi connectivity index (χ3n) is 3.58. The van der Waals surface area contributed by atoms with Crippen LogP contribution in [-0.4, -0.2) is 18.1 Å². The number of amides is 1. The first-order valence-electron chi connectivity index (χ1n) is 6.51. The van der Waals surface area contributed by atoms with Gasteiger partial charge >= 0.3 is 0 Å². The summed E-state index contributed by atoms with van der Waals surface area (Å²) in [5.41, 5.74) is 5.50. The highest BCUT2D eigenvalue weighted by atomic mass is 16.5. The van der Waals surface area contributed by atoms with Crippen molar-refractivity contribution in [3.63, 3.8) is 0 Å². The second kappa shape index (κ2) is 5.61. The van der Waals surface area contributed by atoms with Crippen LogP contribution in [0.3, 0.4) is 0 Å². The number of ether oxygens (including phenoxy) is 1. The molecular weight excluding hydrogens is 240 g/mol. The summed E-state index contributed by atoms with van der Waals surface area (Å²) < 4.78 is 5.40. The zero-order valence-electron chi connectivity index (χ0n) is 12.4. The lowest BCUT2D eigenvalue weighted by atomic mass is 9.74. The molecule has 0 saturated heterocycles. The van der Waals surface area contributed by atoms with Crippen LogP contribution in [0, 0.1) is 5.41 Å². The van der Waals surface area contributed by atoms with Crippen molar-refractivity contribution in [2.45, 2.75) is 40.2 Å². The van der Waals surface area contributed by atoms with Crippen LogP contribution in [0.2, 0.25) is 0 Å². The third-order valence-corrected chi connectivity index (χ3v) is 3.58. The Hall–Kier alpha value is -1.55. The first kappa shape index (κ1) is 15.5. The summed E-state index contributed by atoms with van der Waals surface area (Å²) >= 11 is 0. The van der Waals surface area contributed by atoms with E-state index in [0.29, 0.717) is 12.3 Å². The average Bonchev–Trinajstić information content (AvgIpc) is 2.28. The number of nitrogens with one attached hydrogen (secondary N) is 1. The Kier molecular flexibility index (Phi) is 4.58. The first-order valence-corrected chi connectivity index (χ1v) is 6.51. The molecule has 0 aromatic heterocycles. The highest BCUT2D eigenvalue weighted by Crippen LogP contribution is 2.30. The van der Waals surface area contributed by atoms with Gasteiger partial charge in [0.05, 0.1) is 12.0 Å². The van der Waals surface area contributed by atoms with Crippen molar-refractivity contribution in [1.82, 2.24) is 0 Å². The van der Waals surface area contributed by atoms with Gasteiger partial charge in [-0.3, -0.25) is 4.79 Å². The van der Waals surface area contributed by atoms with Gasteiger partial charge in [0, 0.05) is 17.3 Å². The Balaban J connectivity index is 2.85. The van der Waals surface area contributed by atoms with E-state index in [-0.39, 0.29) is 5.91 Å². The van der Waals surface area contributed by atoms with Crippen LogP contribution in [-0.2, 0) is 4.79 Å². The van der Waals surface area contributed by atoms with Crippen molar-refractivity contribution in [2.24, 2.45) is 11.1 Å². The van der Waals surface area contributed by atoms with Crippen LogP contribution < -0.4 is 15.8 Å². The van der Waals surface area contributed by atoms with Crippen molar-refractivity contribution in [3.05, 3.63) is 24.3 Å². The van der Waals surface area contributed by atoms with Gasteiger partial charge < -0.3 is 15.8 Å². The lowest BCUT2D eigenvalue weighted by Gasteiger charge is -2.36. The highest BCUT2D eigenvalue weighted by molar-refractivity contribution is 5.95. The molecule has 0 atom stereocenters. The molecule has 106 valence electrons. The van der Waals surface area contributed by atoms with Gasteiger partial charge in [-0.1, -0.05) is 6.07 Å². The summed E-state index contributed by atoms with van der Waals surface area (Å²) in [6.07, 6.45) is 0. The average molecular weight is 264 g/mol. The predicted molar refractivity (Wildman–Crippen MR) is 78.3 cm³/mol. The van der Waals surface area contributed by atoms with Gasteiger partial charge in [0.1, 0.15) is 5.75 Å². The van der Waals surface area contributed by atoms with E-state index in [2.05, 4.69) is 5.32 Å². The Labute approximate surface area is 115 Å². The van der Waals surface area contributed by atoms with Crippen LogP contribution >= 0.6 is 0 Å². The summed E-state index contributed by atoms with van der Waals surface area (Å²) in [4.78, 5) is 12.3. The molecule has 0 heterocycles. The molecule has 1 rings (SSSR count). The van der Waals surface area contributed by atoms with E-state index >= 15 is 0 Å². The molecule has 0 aliphatic carbocycles. The van der Waals surface area contributed by atoms with Crippen molar-refractivity contribution in [2.75, 3.05) is 11.9 Å². The molecule has 0 radical (unpaired) electrons. The number of carbonyl (C=O) groups is 1. The largest absolute Gasteiger partial charge is 0.494 e. The lowest BCUT2D eigenvalue weighted by molar-refractivity contribution is -0.126. The van der Waals surface area contributed by atoms with E-state index in [1.54, 1.807) is 6.07 Å². The number of nitrogens with two attached hydrogens (primary N) is 1. The van der Waals surface area contributed by atoms with Gasteiger partial charge in [0.2, 0.25) is 5.91 Å². The topological polar surface area (TPSA) is 64.3 Å². The second-order valence-corrected chi connectivity index (χ2v) is 5.76. The Morgan fingerprint density at radius 1 is 1.32 bits per heavy atom. The molecule has 1 aromatic rings. The molecule has 1 amide bonds. The monoisotopic (exact) mass is 264 g/mol. The van der Waals surface area contributed by atoms with E-state index in [1.807, 2.05) is 52.8 Å². The molecule has 19 heavy (non-hydrogen) atoms. The van der Waals surface area contributed by atoms with Crippen molar-refractivity contribution >= 4 is 11.6 Å². The molecule has 1 aromatic carbocycles. The maximum absolute atomic E-state index is 12.3. The molecule has 3 N–H and O–H groups in total. The van der Waals surface area contributed by atoms with Gasteiger partial charge in [-0.25, -0.2) is 0 Å². The Bertz CT molecular complexity index is 448. The lowest BCUT2D eigenvalue weighted by Crippen LogP contribution is -2.53. The summed E-state index contributed by atoms with van der Waals surface area (Å²) in [5, 5.41) is 2.89. The number of hydrogen-bond donors (Lipinski definition) is 2. The fourth-order valence-corrected chi connectivity index (χ4v) is 1.41. The van der Waals surface area contributed by atoms with Gasteiger partial charge in [0.25, 0.3) is 0 Å². The minimum Gasteiger partial charge on any atom is -0.494 e. The maximum atomic E-state index is 12.3. The quantitative estimate of drug-likeness (QED) is 0.859. The fraction of sp³-hybridized carbons (Fsp3) is 0.533. The number of benzene rings is 1. The number of hydrogen-bond acceptors (Lipinski definition) is 3. The first-order chi connectivity index (χ1) is 8.68. The molecule has 0 aliphatic rings. The van der Waals surface area contributed by atoms with E-state index in [0.717, 1.165) is 5.75 Å². The van der Waals surface area contributed by atoms with Crippen LogP contribution in [0.15, 0.2) is 24.3 Å². The molecule has 0 aliphatic heterocycles. The molecule has 4 nitrogen and oxygen atoms in total. The minimum absolute atomic E-state index is 0.103. The molecule has 0 unspecified atom stereocenters. The summed E-state index contributed by atoms with van der Waals surface area (Å²) in [6, 6.07) is 7.35. The van der Waals surface area contributed by atoms with E-state index in [1.165, 1.54) is 0 Å². The smallest absolute Gasteiger partial charge is 0.231 e. The van der Waals surface area contributed by atoms with Gasteiger partial charge in [-0.05, 0) is 46.8 Å². The molecular formula is C15H24N2O2. The van der Waals surface area contributed by atoms with Crippen LogP contribution in [0.1, 0.15) is 34.6 Å². The second-order valence-electron chi connectivity index (χ2n) is 5.76. The molecule has 4 heteroatoms. The Morgan fingerprint density at radius 3 is 2.47 bits per heavy atom. The van der Waals surface area contributed by atoms with E-state index in [9.17, 15) is 4.79 Å². The summed E-state index contributed by atoms with van der Waals surface area (Å²) in [7, 11) is 0. The maximum Gasteiger partial charge on any atom is 0.231 e. The zero-order chi connectivity index (χ0) is 14.7. The standard InChI is InChI=1S/C15H24N2O2/c1-6-19-12-9-7-8-11(10-12)17-13(18)14(2,3)15(4,5)16/h7-10H,6,16H2,1-5H3,(H,17,18). The molecule has 0 bridgehead atoms. The zero-order valence-corrected chi connectivity index (χ0v) is 12.4. The van der Waals surface area contributed by atoms with Crippen molar-refractivity contribution in [1.29, 1.82) is 0 Å². The fourth-order valence-electron chi connectivity index (χ4n) is 1.41. The molecule has 0 fully saturated rings. The number of rotatable bonds is 5. The minimum atomic E-state index is -0.672. The number of carbonyl (C=O) groups excluding carboxylic acids is 1. The van der Waals surface area contributed by atoms with Crippen LogP contribution in [0.4, 0.5) is 5.69 Å². The van der Waals surface area contributed by atoms with Crippen LogP contribution in [0.25, 0.3) is 0 Å². The summed E-state index contributed by atoms with van der Waals surface area (Å²) in [6.45, 7) is 9.90. The van der Waals surface area contributed by atoms with Gasteiger partial charge in [-0.2, -0.15) is 0 Å². The SMILES string of the molecule is CCOc1cccc(NC(=O)C(C)(C)C(C)(C)N)c1. The van der Waals surface area contributed by atoms with Crippen molar-refractivity contribution < 1.29 is 9.53 Å².